The van der Waals surface area contributed by atoms with Crippen molar-refractivity contribution in [3.63, 3.8) is 0 Å². The Hall–Kier alpha value is -4.33. The molecule has 2 heterocycles. The van der Waals surface area contributed by atoms with Gasteiger partial charge in [-0.1, -0.05) is 42.5 Å². The minimum Gasteiger partial charge on any atom is -0.366 e. The van der Waals surface area contributed by atoms with Gasteiger partial charge in [0, 0.05) is 22.0 Å². The highest BCUT2D eigenvalue weighted by Crippen LogP contribution is 2.30. The summed E-state index contributed by atoms with van der Waals surface area (Å²) in [6, 6.07) is 20.7. The zero-order chi connectivity index (χ0) is 20.7. The molecule has 7 nitrogen and oxygen atoms in total. The molecule has 0 saturated heterocycles. The second-order valence-electron chi connectivity index (χ2n) is 6.70. The van der Waals surface area contributed by atoms with Crippen LogP contribution < -0.4 is 11.1 Å². The molecule has 0 fully saturated rings. The van der Waals surface area contributed by atoms with Gasteiger partial charge < -0.3 is 11.1 Å². The smallest absolute Gasteiger partial charge is 0.248 e. The minimum atomic E-state index is -0.521. The van der Waals surface area contributed by atoms with Crippen molar-refractivity contribution >= 4 is 33.8 Å². The molecular formula is C22H15FN6O. The number of hydrogen-bond acceptors (Lipinski definition) is 5. The number of hydrogen-bond donors (Lipinski definition) is 2. The van der Waals surface area contributed by atoms with Gasteiger partial charge in [-0.15, -0.1) is 15.3 Å². The molecule has 3 N–H and O–H groups in total. The van der Waals surface area contributed by atoms with Gasteiger partial charge in [0.05, 0.1) is 5.56 Å². The maximum absolute atomic E-state index is 14.4. The van der Waals surface area contributed by atoms with E-state index in [2.05, 4.69) is 20.6 Å². The number of halogens is 1. The Morgan fingerprint density at radius 1 is 0.933 bits per heavy atom. The van der Waals surface area contributed by atoms with E-state index in [0.717, 1.165) is 10.8 Å². The molecule has 0 unspecified atom stereocenters. The van der Waals surface area contributed by atoms with E-state index in [9.17, 15) is 9.18 Å². The second-order valence-corrected chi connectivity index (χ2v) is 6.70. The van der Waals surface area contributed by atoms with Crippen molar-refractivity contribution in [2.75, 3.05) is 5.32 Å². The maximum Gasteiger partial charge on any atom is 0.248 e. The molecule has 5 rings (SSSR count). The van der Waals surface area contributed by atoms with E-state index >= 15 is 0 Å². The summed E-state index contributed by atoms with van der Waals surface area (Å²) in [5, 5.41) is 17.9. The molecule has 0 atom stereocenters. The molecule has 5 aromatic rings. The first-order chi connectivity index (χ1) is 14.6. The predicted molar refractivity (Wildman–Crippen MR) is 112 cm³/mol. The first-order valence-electron chi connectivity index (χ1n) is 9.18. The Morgan fingerprint density at radius 2 is 1.70 bits per heavy atom. The van der Waals surface area contributed by atoms with Gasteiger partial charge in [0.1, 0.15) is 5.82 Å². The van der Waals surface area contributed by atoms with Gasteiger partial charge in [0.15, 0.2) is 17.3 Å². The van der Waals surface area contributed by atoms with Gasteiger partial charge in [-0.05, 0) is 30.3 Å². The average Bonchev–Trinajstić information content (AvgIpc) is 3.18. The number of nitrogens with one attached hydrogen (secondary N) is 1. The van der Waals surface area contributed by atoms with Crippen molar-refractivity contribution in [2.24, 2.45) is 5.73 Å². The van der Waals surface area contributed by atoms with Gasteiger partial charge in [-0.3, -0.25) is 4.79 Å². The molecule has 2 aromatic heterocycles. The van der Waals surface area contributed by atoms with E-state index in [1.54, 1.807) is 42.5 Å². The molecule has 0 spiro atoms. The summed E-state index contributed by atoms with van der Waals surface area (Å²) >= 11 is 0. The third kappa shape index (κ3) is 2.91. The summed E-state index contributed by atoms with van der Waals surface area (Å²) in [6.45, 7) is 0. The number of primary amides is 1. The number of aromatic nitrogens is 4. The third-order valence-electron chi connectivity index (χ3n) is 4.79. The highest BCUT2D eigenvalue weighted by molar-refractivity contribution is 6.01. The van der Waals surface area contributed by atoms with Crippen molar-refractivity contribution in [2.45, 2.75) is 0 Å². The van der Waals surface area contributed by atoms with E-state index < -0.39 is 11.7 Å². The lowest BCUT2D eigenvalue weighted by Gasteiger charge is -2.11. The predicted octanol–water partition coefficient (Wildman–Crippen LogP) is 3.93. The van der Waals surface area contributed by atoms with Crippen LogP contribution in [-0.2, 0) is 0 Å². The van der Waals surface area contributed by atoms with Crippen LogP contribution in [0, 0.1) is 5.82 Å². The highest BCUT2D eigenvalue weighted by atomic mass is 19.1. The Morgan fingerprint density at radius 3 is 2.50 bits per heavy atom. The lowest BCUT2D eigenvalue weighted by Crippen LogP contribution is -2.11. The van der Waals surface area contributed by atoms with Crippen LogP contribution in [0.25, 0.3) is 27.8 Å². The van der Waals surface area contributed by atoms with Crippen molar-refractivity contribution < 1.29 is 9.18 Å². The molecule has 0 bridgehead atoms. The largest absolute Gasteiger partial charge is 0.366 e. The number of rotatable bonds is 4. The fourth-order valence-electron chi connectivity index (χ4n) is 3.37. The first kappa shape index (κ1) is 17.7. The summed E-state index contributed by atoms with van der Waals surface area (Å²) in [5.41, 5.74) is 7.22. The van der Waals surface area contributed by atoms with Gasteiger partial charge in [-0.2, -0.15) is 4.52 Å². The molecule has 0 saturated carbocycles. The monoisotopic (exact) mass is 398 g/mol. The van der Waals surface area contributed by atoms with Crippen molar-refractivity contribution in [1.82, 2.24) is 19.8 Å². The lowest BCUT2D eigenvalue weighted by molar-refractivity contribution is 0.100. The zero-order valence-corrected chi connectivity index (χ0v) is 15.6. The molecule has 0 aliphatic rings. The molecule has 146 valence electrons. The van der Waals surface area contributed by atoms with Crippen LogP contribution in [-0.4, -0.2) is 25.7 Å². The molecule has 0 radical (unpaired) electrons. The van der Waals surface area contributed by atoms with Crippen LogP contribution >= 0.6 is 0 Å². The van der Waals surface area contributed by atoms with Gasteiger partial charge in [-0.25, -0.2) is 4.39 Å². The van der Waals surface area contributed by atoms with E-state index in [-0.39, 0.29) is 0 Å². The van der Waals surface area contributed by atoms with Crippen molar-refractivity contribution in [3.8, 4) is 11.4 Å². The van der Waals surface area contributed by atoms with E-state index in [1.165, 1.54) is 10.6 Å². The van der Waals surface area contributed by atoms with Crippen LogP contribution in [0.3, 0.4) is 0 Å². The molecule has 30 heavy (non-hydrogen) atoms. The zero-order valence-electron chi connectivity index (χ0n) is 15.6. The van der Waals surface area contributed by atoms with Crippen molar-refractivity contribution in [3.05, 3.63) is 84.2 Å². The third-order valence-corrected chi connectivity index (χ3v) is 4.79. The summed E-state index contributed by atoms with van der Waals surface area (Å²) in [7, 11) is 0. The summed E-state index contributed by atoms with van der Waals surface area (Å²) in [5.74, 6) is -0.127. The number of amides is 1. The fraction of sp³-hybridized carbons (Fsp3) is 0. The molecule has 8 heteroatoms. The number of nitrogens with two attached hydrogens (primary N) is 1. The van der Waals surface area contributed by atoms with Gasteiger partial charge in [0.25, 0.3) is 0 Å². The number of carbonyl (C=O) groups excluding carboxylic acids is 1. The highest BCUT2D eigenvalue weighted by Gasteiger charge is 2.17. The number of anilines is 2. The Labute approximate surface area is 170 Å². The Kier molecular flexibility index (Phi) is 4.10. The second kappa shape index (κ2) is 6.93. The quantitative estimate of drug-likeness (QED) is 0.478. The molecule has 0 aliphatic heterocycles. The number of benzene rings is 3. The van der Waals surface area contributed by atoms with E-state index in [1.807, 2.05) is 24.3 Å². The van der Waals surface area contributed by atoms with E-state index in [0.29, 0.717) is 34.1 Å². The van der Waals surface area contributed by atoms with Crippen LogP contribution in [0.15, 0.2) is 72.8 Å². The van der Waals surface area contributed by atoms with Crippen LogP contribution in [0.4, 0.5) is 15.9 Å². The Bertz CT molecular complexity index is 1430. The normalized spacial score (nSPS) is 11.1. The van der Waals surface area contributed by atoms with Gasteiger partial charge >= 0.3 is 0 Å². The lowest BCUT2D eigenvalue weighted by atomic mass is 10.1. The topological polar surface area (TPSA) is 98.2 Å². The summed E-state index contributed by atoms with van der Waals surface area (Å²) in [6.07, 6.45) is 0. The molecule has 1 amide bonds. The molecule has 0 aliphatic carbocycles. The van der Waals surface area contributed by atoms with Crippen LogP contribution in [0.5, 0.6) is 0 Å². The van der Waals surface area contributed by atoms with E-state index in [4.69, 9.17) is 5.73 Å². The van der Waals surface area contributed by atoms with Crippen LogP contribution in [0.2, 0.25) is 0 Å². The Balaban J connectivity index is 1.73. The molecular weight excluding hydrogens is 383 g/mol. The summed E-state index contributed by atoms with van der Waals surface area (Å²) in [4.78, 5) is 11.5. The number of fused-ring (bicyclic) bond motifs is 3. The fourth-order valence-corrected chi connectivity index (χ4v) is 3.37. The SMILES string of the molecule is NC(=O)c1cccc(Nc2nn3c(-c4ccccc4F)nnc3c3ccccc23)c1. The summed E-state index contributed by atoms with van der Waals surface area (Å²) < 4.78 is 15.9. The number of nitrogens with zero attached hydrogens (tertiary/aromatic N) is 4. The minimum absolute atomic E-state index is 0.294. The maximum atomic E-state index is 14.4. The average molecular weight is 398 g/mol. The molecule has 3 aromatic carbocycles. The first-order valence-corrected chi connectivity index (χ1v) is 9.18. The standard InChI is InChI=1S/C22H15FN6O/c23-18-11-4-3-10-17(18)22-27-26-21-16-9-2-1-8-15(16)20(28-29(21)22)25-14-7-5-6-13(12-14)19(24)30/h1-12H,(H2,24,30)(H,25,28). The van der Waals surface area contributed by atoms with Crippen molar-refractivity contribution in [1.29, 1.82) is 0 Å². The van der Waals surface area contributed by atoms with Gasteiger partial charge in [0.2, 0.25) is 5.91 Å². The number of carbonyl (C=O) groups is 1. The van der Waals surface area contributed by atoms with Crippen LogP contribution in [0.1, 0.15) is 10.4 Å².